The summed E-state index contributed by atoms with van der Waals surface area (Å²) in [5.74, 6) is -0.372. The zero-order valence-electron chi connectivity index (χ0n) is 18.9. The number of carbonyl (C=O) groups is 2. The van der Waals surface area contributed by atoms with Gasteiger partial charge >= 0.3 is 12.1 Å². The van der Waals surface area contributed by atoms with Crippen molar-refractivity contribution in [2.24, 2.45) is 0 Å². The number of nitrogens with one attached hydrogen (secondary N) is 2. The molecule has 0 saturated carbocycles. The molecule has 32 heavy (non-hydrogen) atoms. The molecule has 0 bridgehead atoms. The highest BCUT2D eigenvalue weighted by Crippen LogP contribution is 2.32. The average molecular weight is 453 g/mol. The van der Waals surface area contributed by atoms with E-state index in [-0.39, 0.29) is 5.97 Å². The highest BCUT2D eigenvalue weighted by Gasteiger charge is 2.20. The second-order valence-electron chi connectivity index (χ2n) is 8.13. The van der Waals surface area contributed by atoms with E-state index in [1.807, 2.05) is 63.4 Å². The molecule has 1 amide bonds. The van der Waals surface area contributed by atoms with Crippen LogP contribution in [0.5, 0.6) is 0 Å². The van der Waals surface area contributed by atoms with E-state index in [9.17, 15) is 9.59 Å². The first-order valence-corrected chi connectivity index (χ1v) is 11.6. The minimum Gasteiger partial charge on any atom is -0.462 e. The Morgan fingerprint density at radius 1 is 1.03 bits per heavy atom. The Hall–Kier alpha value is -3.19. The highest BCUT2D eigenvalue weighted by molar-refractivity contribution is 7.98. The molecule has 1 aromatic heterocycles. The Morgan fingerprint density at radius 2 is 1.75 bits per heavy atom. The van der Waals surface area contributed by atoms with E-state index >= 15 is 0 Å². The summed E-state index contributed by atoms with van der Waals surface area (Å²) >= 11 is 1.64. The fourth-order valence-electron chi connectivity index (χ4n) is 3.14. The molecule has 0 aliphatic rings. The van der Waals surface area contributed by atoms with Gasteiger partial charge in [-0.15, -0.1) is 11.8 Å². The minimum absolute atomic E-state index is 0.300. The van der Waals surface area contributed by atoms with E-state index in [1.165, 1.54) is 0 Å². The number of esters is 1. The fraction of sp³-hybridized carbons (Fsp3) is 0.280. The van der Waals surface area contributed by atoms with Gasteiger partial charge in [0.1, 0.15) is 5.60 Å². The summed E-state index contributed by atoms with van der Waals surface area (Å²) in [5, 5.41) is 2.72. The number of aromatic amines is 1. The maximum atomic E-state index is 12.6. The molecule has 2 aromatic carbocycles. The number of ether oxygens (including phenoxy) is 2. The van der Waals surface area contributed by atoms with Gasteiger partial charge in [-0.25, -0.2) is 9.59 Å². The molecule has 6 nitrogen and oxygen atoms in total. The van der Waals surface area contributed by atoms with Crippen LogP contribution >= 0.6 is 11.8 Å². The monoisotopic (exact) mass is 452 g/mol. The summed E-state index contributed by atoms with van der Waals surface area (Å²) in [5.41, 5.74) is 3.81. The lowest BCUT2D eigenvalue weighted by molar-refractivity contribution is 0.0526. The van der Waals surface area contributed by atoms with Crippen LogP contribution in [0.1, 0.15) is 38.1 Å². The quantitative estimate of drug-likeness (QED) is 0.325. The molecule has 0 aliphatic carbocycles. The SMILES string of the molecule is CCOC(=O)c1cc(-c2ccc(NC(=O)OC(C)(C)C)cc2)[nH]c1-c1cccc(SC)c1. The number of rotatable bonds is 6. The molecule has 168 valence electrons. The van der Waals surface area contributed by atoms with Gasteiger partial charge in [-0.05, 0) is 75.4 Å². The Labute approximate surface area is 192 Å². The van der Waals surface area contributed by atoms with Crippen LogP contribution < -0.4 is 5.32 Å². The van der Waals surface area contributed by atoms with Crippen molar-refractivity contribution < 1.29 is 19.1 Å². The van der Waals surface area contributed by atoms with Crippen molar-refractivity contribution in [3.8, 4) is 22.5 Å². The van der Waals surface area contributed by atoms with E-state index in [1.54, 1.807) is 36.9 Å². The van der Waals surface area contributed by atoms with Gasteiger partial charge in [0, 0.05) is 16.3 Å². The van der Waals surface area contributed by atoms with Crippen LogP contribution in [0.2, 0.25) is 0 Å². The molecule has 3 rings (SSSR count). The van der Waals surface area contributed by atoms with Gasteiger partial charge in [-0.3, -0.25) is 5.32 Å². The first-order chi connectivity index (χ1) is 15.2. The number of carbonyl (C=O) groups excluding carboxylic acids is 2. The van der Waals surface area contributed by atoms with Gasteiger partial charge in [0.25, 0.3) is 0 Å². The Bertz CT molecular complexity index is 1100. The Morgan fingerprint density at radius 3 is 2.38 bits per heavy atom. The van der Waals surface area contributed by atoms with Crippen molar-refractivity contribution in [3.63, 3.8) is 0 Å². The maximum absolute atomic E-state index is 12.6. The third-order valence-corrected chi connectivity index (χ3v) is 5.24. The van der Waals surface area contributed by atoms with Gasteiger partial charge in [0.05, 0.1) is 17.9 Å². The molecule has 0 aliphatic heterocycles. The molecule has 1 heterocycles. The molecular weight excluding hydrogens is 424 g/mol. The Balaban J connectivity index is 1.91. The highest BCUT2D eigenvalue weighted by atomic mass is 32.2. The molecule has 0 unspecified atom stereocenters. The van der Waals surface area contributed by atoms with Gasteiger partial charge in [-0.2, -0.15) is 0 Å². The number of anilines is 1. The third kappa shape index (κ3) is 5.95. The minimum atomic E-state index is -0.568. The molecular formula is C25H28N2O4S. The number of benzene rings is 2. The average Bonchev–Trinajstić information content (AvgIpc) is 3.19. The number of aromatic nitrogens is 1. The molecule has 0 radical (unpaired) electrons. The summed E-state index contributed by atoms with van der Waals surface area (Å²) in [6.07, 6.45) is 1.50. The topological polar surface area (TPSA) is 80.4 Å². The zero-order valence-corrected chi connectivity index (χ0v) is 19.8. The van der Waals surface area contributed by atoms with Crippen molar-refractivity contribution >= 4 is 29.5 Å². The van der Waals surface area contributed by atoms with Crippen LogP contribution in [-0.4, -0.2) is 35.5 Å². The van der Waals surface area contributed by atoms with Crippen LogP contribution in [0.3, 0.4) is 0 Å². The zero-order chi connectivity index (χ0) is 23.3. The Kier molecular flexibility index (Phi) is 7.30. The summed E-state index contributed by atoms with van der Waals surface area (Å²) in [6, 6.07) is 17.1. The number of hydrogen-bond donors (Lipinski definition) is 2. The lowest BCUT2D eigenvalue weighted by Gasteiger charge is -2.19. The first kappa shape index (κ1) is 23.5. The summed E-state index contributed by atoms with van der Waals surface area (Å²) in [6.45, 7) is 7.53. The number of H-pyrrole nitrogens is 1. The number of hydrogen-bond acceptors (Lipinski definition) is 5. The van der Waals surface area contributed by atoms with Gasteiger partial charge in [-0.1, -0.05) is 24.3 Å². The number of amides is 1. The van der Waals surface area contributed by atoms with Gasteiger partial charge in [0.2, 0.25) is 0 Å². The second-order valence-corrected chi connectivity index (χ2v) is 9.01. The third-order valence-electron chi connectivity index (χ3n) is 4.51. The van der Waals surface area contributed by atoms with E-state index in [4.69, 9.17) is 9.47 Å². The van der Waals surface area contributed by atoms with Crippen LogP contribution in [0.4, 0.5) is 10.5 Å². The van der Waals surface area contributed by atoms with Crippen molar-refractivity contribution in [1.82, 2.24) is 4.98 Å². The standard InChI is InChI=1S/C25H28N2O4S/c1-6-30-23(28)20-15-21(27-22(20)17-8-7-9-19(14-17)32-5)16-10-12-18(13-11-16)26-24(29)31-25(2,3)4/h7-15,27H,6H2,1-5H3,(H,26,29). The smallest absolute Gasteiger partial charge is 0.412 e. The fourth-order valence-corrected chi connectivity index (χ4v) is 3.60. The van der Waals surface area contributed by atoms with E-state index in [0.717, 1.165) is 21.7 Å². The van der Waals surface area contributed by atoms with Crippen LogP contribution in [0, 0.1) is 0 Å². The molecule has 0 atom stereocenters. The molecule has 0 fully saturated rings. The molecule has 3 aromatic rings. The van der Waals surface area contributed by atoms with Crippen LogP contribution in [0.15, 0.2) is 59.5 Å². The van der Waals surface area contributed by atoms with E-state index in [2.05, 4.69) is 10.3 Å². The van der Waals surface area contributed by atoms with Gasteiger partial charge in [0.15, 0.2) is 0 Å². The summed E-state index contributed by atoms with van der Waals surface area (Å²) < 4.78 is 10.6. The predicted molar refractivity (Wildman–Crippen MR) is 129 cm³/mol. The lowest BCUT2D eigenvalue weighted by Crippen LogP contribution is -2.27. The first-order valence-electron chi connectivity index (χ1n) is 10.3. The molecule has 0 saturated heterocycles. The van der Waals surface area contributed by atoms with Crippen molar-refractivity contribution in [3.05, 3.63) is 60.2 Å². The lowest BCUT2D eigenvalue weighted by atomic mass is 10.1. The molecule has 0 spiro atoms. The van der Waals surface area contributed by atoms with Gasteiger partial charge < -0.3 is 14.5 Å². The van der Waals surface area contributed by atoms with Crippen molar-refractivity contribution in [1.29, 1.82) is 0 Å². The molecule has 2 N–H and O–H groups in total. The number of thioether (sulfide) groups is 1. The van der Waals surface area contributed by atoms with Crippen LogP contribution in [-0.2, 0) is 9.47 Å². The summed E-state index contributed by atoms with van der Waals surface area (Å²) in [7, 11) is 0. The van der Waals surface area contributed by atoms with Crippen molar-refractivity contribution in [2.75, 3.05) is 18.2 Å². The van der Waals surface area contributed by atoms with E-state index in [0.29, 0.717) is 23.6 Å². The molecule has 7 heteroatoms. The predicted octanol–water partition coefficient (Wildman–Crippen LogP) is 6.59. The largest absolute Gasteiger partial charge is 0.462 e. The van der Waals surface area contributed by atoms with Crippen LogP contribution in [0.25, 0.3) is 22.5 Å². The second kappa shape index (κ2) is 9.96. The van der Waals surface area contributed by atoms with E-state index < -0.39 is 11.7 Å². The van der Waals surface area contributed by atoms with Crippen molar-refractivity contribution in [2.45, 2.75) is 38.2 Å². The maximum Gasteiger partial charge on any atom is 0.412 e. The normalized spacial score (nSPS) is 11.2. The summed E-state index contributed by atoms with van der Waals surface area (Å²) in [4.78, 5) is 29.1.